The van der Waals surface area contributed by atoms with E-state index < -0.39 is 6.10 Å². The summed E-state index contributed by atoms with van der Waals surface area (Å²) in [5.74, 6) is 1.04. The molecule has 0 radical (unpaired) electrons. The number of nitrogens with zero attached hydrogens (tertiary/aromatic N) is 1. The molecule has 1 aromatic carbocycles. The molecule has 1 heterocycles. The van der Waals surface area contributed by atoms with Crippen LogP contribution < -0.4 is 10.5 Å². The minimum atomic E-state index is -0.505. The van der Waals surface area contributed by atoms with Crippen LogP contribution in [0.25, 0.3) is 0 Å². The molecule has 1 amide bonds. The van der Waals surface area contributed by atoms with Crippen molar-refractivity contribution in [3.8, 4) is 5.75 Å². The van der Waals surface area contributed by atoms with Gasteiger partial charge in [-0.2, -0.15) is 0 Å². The van der Waals surface area contributed by atoms with Gasteiger partial charge in [0.1, 0.15) is 5.75 Å². The summed E-state index contributed by atoms with van der Waals surface area (Å²) in [6, 6.07) is 7.07. The average molecular weight is 319 g/mol. The Morgan fingerprint density at radius 1 is 1.60 bits per heavy atom. The molecule has 0 bridgehead atoms. The van der Waals surface area contributed by atoms with Crippen LogP contribution >= 0.6 is 24.0 Å². The van der Waals surface area contributed by atoms with Gasteiger partial charge in [-0.15, -0.1) is 12.4 Å². The Kier molecular flexibility index (Phi) is 6.59. The Labute approximate surface area is 130 Å². The molecule has 1 fully saturated rings. The quantitative estimate of drug-likeness (QED) is 0.927. The smallest absolute Gasteiger partial charge is 0.263 e. The zero-order chi connectivity index (χ0) is 13.8. The van der Waals surface area contributed by atoms with Gasteiger partial charge < -0.3 is 15.4 Å². The highest BCUT2D eigenvalue weighted by atomic mass is 35.5. The summed E-state index contributed by atoms with van der Waals surface area (Å²) in [4.78, 5) is 14.0. The minimum Gasteiger partial charge on any atom is -0.481 e. The Balaban J connectivity index is 0.00000200. The number of nitrogens with two attached hydrogens (primary N) is 1. The first-order valence-corrected chi connectivity index (χ1v) is 6.89. The van der Waals surface area contributed by atoms with Crippen LogP contribution in [0.2, 0.25) is 5.02 Å². The highest BCUT2D eigenvalue weighted by molar-refractivity contribution is 6.30. The number of carbonyl (C=O) groups is 1. The number of amides is 1. The van der Waals surface area contributed by atoms with Crippen LogP contribution in [0.1, 0.15) is 13.3 Å². The standard InChI is InChI=1S/C14H19ClN2O2.ClH/c1-10(19-13-4-2-3-12(15)7-13)14(18)17-6-5-11(8-16)9-17;/h2-4,7,10-11H,5-6,8-9,16H2,1H3;1H. The Morgan fingerprint density at radius 3 is 2.95 bits per heavy atom. The molecule has 2 N–H and O–H groups in total. The van der Waals surface area contributed by atoms with Crippen LogP contribution in [0.4, 0.5) is 0 Å². The van der Waals surface area contributed by atoms with Crippen molar-refractivity contribution in [3.63, 3.8) is 0 Å². The van der Waals surface area contributed by atoms with Gasteiger partial charge in [-0.1, -0.05) is 17.7 Å². The van der Waals surface area contributed by atoms with E-state index in [1.54, 1.807) is 31.2 Å². The topological polar surface area (TPSA) is 55.6 Å². The maximum absolute atomic E-state index is 12.2. The number of hydrogen-bond donors (Lipinski definition) is 1. The van der Waals surface area contributed by atoms with Crippen LogP contribution in [0.5, 0.6) is 5.75 Å². The number of hydrogen-bond acceptors (Lipinski definition) is 3. The van der Waals surface area contributed by atoms with E-state index >= 15 is 0 Å². The van der Waals surface area contributed by atoms with E-state index in [1.807, 2.05) is 4.90 Å². The highest BCUT2D eigenvalue weighted by Crippen LogP contribution is 2.20. The van der Waals surface area contributed by atoms with Crippen molar-refractivity contribution in [1.29, 1.82) is 0 Å². The van der Waals surface area contributed by atoms with Crippen molar-refractivity contribution < 1.29 is 9.53 Å². The molecule has 0 saturated carbocycles. The average Bonchev–Trinajstić information content (AvgIpc) is 2.86. The highest BCUT2D eigenvalue weighted by Gasteiger charge is 2.29. The van der Waals surface area contributed by atoms with Gasteiger partial charge in [0.05, 0.1) is 0 Å². The number of halogens is 2. The van der Waals surface area contributed by atoms with E-state index in [-0.39, 0.29) is 18.3 Å². The number of ether oxygens (including phenoxy) is 1. The number of carbonyl (C=O) groups excluding carboxylic acids is 1. The van der Waals surface area contributed by atoms with Crippen LogP contribution in [0.3, 0.4) is 0 Å². The van der Waals surface area contributed by atoms with Gasteiger partial charge in [-0.3, -0.25) is 4.79 Å². The Bertz CT molecular complexity index is 457. The van der Waals surface area contributed by atoms with E-state index in [1.165, 1.54) is 0 Å². The lowest BCUT2D eigenvalue weighted by Crippen LogP contribution is -2.39. The summed E-state index contributed by atoms with van der Waals surface area (Å²) >= 11 is 5.88. The van der Waals surface area contributed by atoms with Gasteiger partial charge in [0.2, 0.25) is 0 Å². The third kappa shape index (κ3) is 4.27. The van der Waals surface area contributed by atoms with E-state index in [4.69, 9.17) is 22.1 Å². The zero-order valence-corrected chi connectivity index (χ0v) is 13.0. The summed E-state index contributed by atoms with van der Waals surface area (Å²) in [5.41, 5.74) is 5.63. The lowest BCUT2D eigenvalue weighted by molar-refractivity contribution is -0.136. The van der Waals surface area contributed by atoms with Crippen molar-refractivity contribution in [3.05, 3.63) is 29.3 Å². The predicted octanol–water partition coefficient (Wildman–Crippen LogP) is 2.34. The fourth-order valence-electron chi connectivity index (χ4n) is 2.28. The summed E-state index contributed by atoms with van der Waals surface area (Å²) in [6.07, 6.45) is 0.474. The van der Waals surface area contributed by atoms with Gasteiger partial charge in [0.15, 0.2) is 6.10 Å². The summed E-state index contributed by atoms with van der Waals surface area (Å²) in [5, 5.41) is 0.599. The third-order valence-corrected chi connectivity index (χ3v) is 3.62. The predicted molar refractivity (Wildman–Crippen MR) is 82.5 cm³/mol. The SMILES string of the molecule is CC(Oc1cccc(Cl)c1)C(=O)N1CCC(CN)C1.Cl. The fraction of sp³-hybridized carbons (Fsp3) is 0.500. The molecule has 0 aliphatic carbocycles. The molecular weight excluding hydrogens is 299 g/mol. The van der Waals surface area contributed by atoms with Gasteiger partial charge in [0.25, 0.3) is 5.91 Å². The molecule has 20 heavy (non-hydrogen) atoms. The number of likely N-dealkylation sites (tertiary alicyclic amines) is 1. The maximum Gasteiger partial charge on any atom is 0.263 e. The van der Waals surface area contributed by atoms with Gasteiger partial charge in [-0.25, -0.2) is 0 Å². The maximum atomic E-state index is 12.2. The van der Waals surface area contributed by atoms with Crippen molar-refractivity contribution in [2.45, 2.75) is 19.4 Å². The first-order chi connectivity index (χ1) is 9.10. The van der Waals surface area contributed by atoms with E-state index in [0.717, 1.165) is 19.5 Å². The number of rotatable bonds is 4. The van der Waals surface area contributed by atoms with Crippen molar-refractivity contribution in [2.24, 2.45) is 11.7 Å². The molecular formula is C14H20Cl2N2O2. The second kappa shape index (κ2) is 7.72. The summed E-state index contributed by atoms with van der Waals surface area (Å²) in [6.45, 7) is 3.90. The molecule has 1 saturated heterocycles. The molecule has 6 heteroatoms. The van der Waals surface area contributed by atoms with E-state index in [9.17, 15) is 4.79 Å². The summed E-state index contributed by atoms with van der Waals surface area (Å²) < 4.78 is 5.63. The summed E-state index contributed by atoms with van der Waals surface area (Å²) in [7, 11) is 0. The first-order valence-electron chi connectivity index (χ1n) is 6.51. The van der Waals surface area contributed by atoms with Crippen molar-refractivity contribution in [2.75, 3.05) is 19.6 Å². The van der Waals surface area contributed by atoms with Gasteiger partial charge >= 0.3 is 0 Å². The first kappa shape index (κ1) is 17.1. The largest absolute Gasteiger partial charge is 0.481 e. The fourth-order valence-corrected chi connectivity index (χ4v) is 2.46. The van der Waals surface area contributed by atoms with Gasteiger partial charge in [-0.05, 0) is 44.0 Å². The molecule has 4 nitrogen and oxygen atoms in total. The second-order valence-corrected chi connectivity index (χ2v) is 5.33. The molecule has 2 atom stereocenters. The molecule has 2 unspecified atom stereocenters. The molecule has 0 spiro atoms. The minimum absolute atomic E-state index is 0. The molecule has 1 aliphatic rings. The van der Waals surface area contributed by atoms with E-state index in [0.29, 0.717) is 23.2 Å². The monoisotopic (exact) mass is 318 g/mol. The lowest BCUT2D eigenvalue weighted by Gasteiger charge is -2.21. The lowest BCUT2D eigenvalue weighted by atomic mass is 10.1. The van der Waals surface area contributed by atoms with Crippen LogP contribution in [-0.2, 0) is 4.79 Å². The van der Waals surface area contributed by atoms with Crippen LogP contribution in [0, 0.1) is 5.92 Å². The van der Waals surface area contributed by atoms with E-state index in [2.05, 4.69) is 0 Å². The third-order valence-electron chi connectivity index (χ3n) is 3.39. The zero-order valence-electron chi connectivity index (χ0n) is 11.4. The van der Waals surface area contributed by atoms with Crippen LogP contribution in [0.15, 0.2) is 24.3 Å². The molecule has 112 valence electrons. The molecule has 1 aromatic rings. The molecule has 2 rings (SSSR count). The Hall–Kier alpha value is -0.970. The van der Waals surface area contributed by atoms with Gasteiger partial charge in [0, 0.05) is 18.1 Å². The normalized spacial score (nSPS) is 19.4. The van der Waals surface area contributed by atoms with Crippen LogP contribution in [-0.4, -0.2) is 36.5 Å². The van der Waals surface area contributed by atoms with Crippen molar-refractivity contribution >= 4 is 29.9 Å². The number of benzene rings is 1. The Morgan fingerprint density at radius 2 is 2.35 bits per heavy atom. The second-order valence-electron chi connectivity index (χ2n) is 4.89. The van der Waals surface area contributed by atoms with Crippen molar-refractivity contribution in [1.82, 2.24) is 4.90 Å². The molecule has 0 aromatic heterocycles. The molecule has 1 aliphatic heterocycles.